The van der Waals surface area contributed by atoms with Crippen LogP contribution in [0.25, 0.3) is 0 Å². The lowest BCUT2D eigenvalue weighted by molar-refractivity contribution is 0.254. The van der Waals surface area contributed by atoms with Crippen molar-refractivity contribution in [1.82, 2.24) is 4.90 Å². The minimum absolute atomic E-state index is 0.983. The van der Waals surface area contributed by atoms with Gasteiger partial charge in [-0.25, -0.2) is 0 Å². The number of hydrogen-bond acceptors (Lipinski definition) is 1. The summed E-state index contributed by atoms with van der Waals surface area (Å²) in [4.78, 5) is 2.62. The molecule has 0 aromatic carbocycles. The largest absolute Gasteiger partial charge is 0.298 e. The van der Waals surface area contributed by atoms with Crippen LogP contribution in [-0.4, -0.2) is 24.0 Å². The molecule has 1 aliphatic carbocycles. The molecule has 1 heterocycles. The summed E-state index contributed by atoms with van der Waals surface area (Å²) in [7, 11) is 0. The third kappa shape index (κ3) is 1.34. The molecule has 1 saturated carbocycles. The Kier molecular flexibility index (Phi) is 1.69. The third-order valence-corrected chi connectivity index (χ3v) is 2.98. The summed E-state index contributed by atoms with van der Waals surface area (Å²) in [6, 6.07) is 0.983. The van der Waals surface area contributed by atoms with E-state index in [1.165, 1.54) is 38.8 Å². The van der Waals surface area contributed by atoms with E-state index < -0.39 is 0 Å². The van der Waals surface area contributed by atoms with E-state index in [2.05, 4.69) is 11.8 Å². The Morgan fingerprint density at radius 2 is 1.60 bits per heavy atom. The molecular formula is C9H17N. The predicted molar refractivity (Wildman–Crippen MR) is 43.0 cm³/mol. The molecule has 1 heteroatoms. The normalized spacial score (nSPS) is 41.7. The summed E-state index contributed by atoms with van der Waals surface area (Å²) in [6.07, 6.45) is 5.89. The zero-order valence-corrected chi connectivity index (χ0v) is 6.84. The first kappa shape index (κ1) is 6.66. The number of hydrogen-bond donors (Lipinski definition) is 0. The first-order chi connectivity index (χ1) is 4.86. The Morgan fingerprint density at radius 1 is 1.00 bits per heavy atom. The highest BCUT2D eigenvalue weighted by Crippen LogP contribution is 2.29. The van der Waals surface area contributed by atoms with Crippen LogP contribution in [0.15, 0.2) is 0 Å². The highest BCUT2D eigenvalue weighted by atomic mass is 15.3. The van der Waals surface area contributed by atoms with Gasteiger partial charge in [-0.15, -0.1) is 0 Å². The highest BCUT2D eigenvalue weighted by Gasteiger charge is 2.29. The summed E-state index contributed by atoms with van der Waals surface area (Å²) in [5.41, 5.74) is 0. The summed E-state index contributed by atoms with van der Waals surface area (Å²) < 4.78 is 0. The fraction of sp³-hybridized carbons (Fsp3) is 1.00. The topological polar surface area (TPSA) is 3.01 Å². The predicted octanol–water partition coefficient (Wildman–Crippen LogP) is 1.88. The van der Waals surface area contributed by atoms with Crippen molar-refractivity contribution in [1.29, 1.82) is 0 Å². The van der Waals surface area contributed by atoms with Crippen LogP contribution in [-0.2, 0) is 0 Å². The molecular weight excluding hydrogens is 122 g/mol. The van der Waals surface area contributed by atoms with E-state index >= 15 is 0 Å². The number of rotatable bonds is 1. The maximum absolute atomic E-state index is 2.62. The van der Waals surface area contributed by atoms with Gasteiger partial charge in [-0.2, -0.15) is 0 Å². The quantitative estimate of drug-likeness (QED) is 0.501. The second-order valence-corrected chi connectivity index (χ2v) is 3.95. The molecule has 0 spiro atoms. The van der Waals surface area contributed by atoms with E-state index in [1.807, 2.05) is 0 Å². The van der Waals surface area contributed by atoms with E-state index in [1.54, 1.807) is 0 Å². The van der Waals surface area contributed by atoms with Gasteiger partial charge in [0.2, 0.25) is 0 Å². The summed E-state index contributed by atoms with van der Waals surface area (Å²) in [5.74, 6) is 1.01. The average molecular weight is 139 g/mol. The van der Waals surface area contributed by atoms with Crippen molar-refractivity contribution in [3.05, 3.63) is 0 Å². The van der Waals surface area contributed by atoms with Crippen molar-refractivity contribution in [3.8, 4) is 0 Å². The molecule has 0 bridgehead atoms. The van der Waals surface area contributed by atoms with Crippen LogP contribution >= 0.6 is 0 Å². The summed E-state index contributed by atoms with van der Waals surface area (Å²) >= 11 is 0. The SMILES string of the molecule is CC1CCC(N2CC2)CC1. The van der Waals surface area contributed by atoms with Gasteiger partial charge in [0, 0.05) is 19.1 Å². The van der Waals surface area contributed by atoms with Crippen molar-refractivity contribution in [2.45, 2.75) is 38.6 Å². The Morgan fingerprint density at radius 3 is 2.10 bits per heavy atom. The molecule has 2 aliphatic rings. The highest BCUT2D eigenvalue weighted by molar-refractivity contribution is 4.85. The fourth-order valence-electron chi connectivity index (χ4n) is 2.03. The van der Waals surface area contributed by atoms with Crippen LogP contribution in [0.1, 0.15) is 32.6 Å². The standard InChI is InChI=1S/C9H17N/c1-8-2-4-9(5-3-8)10-6-7-10/h8-9H,2-7H2,1H3. The zero-order valence-electron chi connectivity index (χ0n) is 6.84. The molecule has 0 unspecified atom stereocenters. The average Bonchev–Trinajstić information content (AvgIpc) is 2.71. The second-order valence-electron chi connectivity index (χ2n) is 3.95. The van der Waals surface area contributed by atoms with Gasteiger partial charge in [0.25, 0.3) is 0 Å². The molecule has 0 radical (unpaired) electrons. The van der Waals surface area contributed by atoms with Crippen LogP contribution in [0.5, 0.6) is 0 Å². The maximum Gasteiger partial charge on any atom is 0.0113 e. The zero-order chi connectivity index (χ0) is 6.97. The molecule has 2 rings (SSSR count). The Labute approximate surface area is 63.4 Å². The van der Waals surface area contributed by atoms with Crippen molar-refractivity contribution in [2.75, 3.05) is 13.1 Å². The summed E-state index contributed by atoms with van der Waals surface area (Å²) in [6.45, 7) is 5.16. The molecule has 10 heavy (non-hydrogen) atoms. The monoisotopic (exact) mass is 139 g/mol. The van der Waals surface area contributed by atoms with E-state index in [4.69, 9.17) is 0 Å². The van der Waals surface area contributed by atoms with Crippen molar-refractivity contribution in [3.63, 3.8) is 0 Å². The summed E-state index contributed by atoms with van der Waals surface area (Å²) in [5, 5.41) is 0. The lowest BCUT2D eigenvalue weighted by atomic mass is 9.87. The van der Waals surface area contributed by atoms with Gasteiger partial charge in [0.1, 0.15) is 0 Å². The van der Waals surface area contributed by atoms with Crippen molar-refractivity contribution >= 4 is 0 Å². The Bertz CT molecular complexity index is 110. The minimum atomic E-state index is 0.983. The van der Waals surface area contributed by atoms with E-state index in [0.29, 0.717) is 0 Å². The molecule has 0 atom stereocenters. The smallest absolute Gasteiger partial charge is 0.0113 e. The van der Waals surface area contributed by atoms with Gasteiger partial charge in [-0.05, 0) is 31.6 Å². The van der Waals surface area contributed by atoms with E-state index in [-0.39, 0.29) is 0 Å². The first-order valence-electron chi connectivity index (χ1n) is 4.60. The molecule has 0 amide bonds. The molecule has 1 saturated heterocycles. The third-order valence-electron chi connectivity index (χ3n) is 2.98. The van der Waals surface area contributed by atoms with Crippen LogP contribution in [0, 0.1) is 5.92 Å². The van der Waals surface area contributed by atoms with Gasteiger partial charge < -0.3 is 0 Å². The van der Waals surface area contributed by atoms with Crippen molar-refractivity contribution < 1.29 is 0 Å². The fourth-order valence-corrected chi connectivity index (χ4v) is 2.03. The van der Waals surface area contributed by atoms with Gasteiger partial charge in [0.05, 0.1) is 0 Å². The van der Waals surface area contributed by atoms with Crippen LogP contribution in [0.3, 0.4) is 0 Å². The minimum Gasteiger partial charge on any atom is -0.298 e. The van der Waals surface area contributed by atoms with Crippen LogP contribution < -0.4 is 0 Å². The molecule has 2 fully saturated rings. The Hall–Kier alpha value is -0.0400. The second kappa shape index (κ2) is 2.54. The van der Waals surface area contributed by atoms with Gasteiger partial charge in [-0.3, -0.25) is 4.90 Å². The van der Waals surface area contributed by atoms with Gasteiger partial charge >= 0.3 is 0 Å². The maximum atomic E-state index is 2.62. The molecule has 0 N–H and O–H groups in total. The molecule has 1 nitrogen and oxygen atoms in total. The lowest BCUT2D eigenvalue weighted by Gasteiger charge is -2.26. The molecule has 0 aromatic heterocycles. The van der Waals surface area contributed by atoms with Gasteiger partial charge in [0.15, 0.2) is 0 Å². The lowest BCUT2D eigenvalue weighted by Crippen LogP contribution is -2.24. The van der Waals surface area contributed by atoms with E-state index in [0.717, 1.165) is 12.0 Å². The molecule has 58 valence electrons. The molecule has 1 aliphatic heterocycles. The van der Waals surface area contributed by atoms with Crippen LogP contribution in [0.2, 0.25) is 0 Å². The van der Waals surface area contributed by atoms with E-state index in [9.17, 15) is 0 Å². The van der Waals surface area contributed by atoms with Crippen LogP contribution in [0.4, 0.5) is 0 Å². The van der Waals surface area contributed by atoms with Gasteiger partial charge in [-0.1, -0.05) is 6.92 Å². The first-order valence-corrected chi connectivity index (χ1v) is 4.60. The molecule has 0 aromatic rings. The number of nitrogens with zero attached hydrogens (tertiary/aromatic N) is 1. The van der Waals surface area contributed by atoms with Crippen molar-refractivity contribution in [2.24, 2.45) is 5.92 Å². The Balaban J connectivity index is 1.79.